The minimum Gasteiger partial charge on any atom is -0.350 e. The molecule has 2 heterocycles. The molecule has 1 unspecified atom stereocenters. The van der Waals surface area contributed by atoms with Gasteiger partial charge in [-0.1, -0.05) is 35.0 Å². The van der Waals surface area contributed by atoms with E-state index >= 15 is 0 Å². The summed E-state index contributed by atoms with van der Waals surface area (Å²) in [7, 11) is 0. The number of anilines is 3. The van der Waals surface area contributed by atoms with E-state index in [1.165, 1.54) is 5.56 Å². The van der Waals surface area contributed by atoms with Gasteiger partial charge in [-0.15, -0.1) is 0 Å². The SMILES string of the molecule is CCC(C)N1CC=Cc2cnc(Nc3ccc(Br)c(C)c3)nc21. The molecule has 1 atom stereocenters. The van der Waals surface area contributed by atoms with E-state index in [-0.39, 0.29) is 0 Å². The lowest BCUT2D eigenvalue weighted by Gasteiger charge is -2.32. The zero-order valence-corrected chi connectivity index (χ0v) is 15.3. The van der Waals surface area contributed by atoms with Crippen LogP contribution in [-0.2, 0) is 0 Å². The molecule has 3 rings (SSSR count). The van der Waals surface area contributed by atoms with E-state index < -0.39 is 0 Å². The van der Waals surface area contributed by atoms with Gasteiger partial charge in [0.1, 0.15) is 5.82 Å². The Balaban J connectivity index is 1.90. The molecule has 120 valence electrons. The summed E-state index contributed by atoms with van der Waals surface area (Å²) < 4.78 is 1.10. The number of hydrogen-bond donors (Lipinski definition) is 1. The quantitative estimate of drug-likeness (QED) is 0.826. The zero-order valence-electron chi connectivity index (χ0n) is 13.7. The molecular formula is C18H21BrN4. The molecule has 1 aliphatic heterocycles. The predicted octanol–water partition coefficient (Wildman–Crippen LogP) is 4.92. The normalized spacial score (nSPS) is 14.5. The molecule has 5 heteroatoms. The largest absolute Gasteiger partial charge is 0.350 e. The number of nitrogens with one attached hydrogen (secondary N) is 1. The van der Waals surface area contributed by atoms with Crippen molar-refractivity contribution in [3.8, 4) is 0 Å². The van der Waals surface area contributed by atoms with Crippen molar-refractivity contribution in [2.75, 3.05) is 16.8 Å². The maximum absolute atomic E-state index is 4.75. The molecule has 0 spiro atoms. The van der Waals surface area contributed by atoms with Gasteiger partial charge in [-0.25, -0.2) is 4.98 Å². The highest BCUT2D eigenvalue weighted by Gasteiger charge is 2.20. The van der Waals surface area contributed by atoms with E-state index in [4.69, 9.17) is 4.98 Å². The van der Waals surface area contributed by atoms with Crippen LogP contribution in [-0.4, -0.2) is 22.6 Å². The van der Waals surface area contributed by atoms with E-state index in [9.17, 15) is 0 Å². The fraction of sp³-hybridized carbons (Fsp3) is 0.333. The summed E-state index contributed by atoms with van der Waals surface area (Å²) in [5.74, 6) is 1.64. The lowest BCUT2D eigenvalue weighted by Crippen LogP contribution is -2.35. The van der Waals surface area contributed by atoms with Gasteiger partial charge in [0.25, 0.3) is 0 Å². The van der Waals surface area contributed by atoms with Crippen molar-refractivity contribution in [1.82, 2.24) is 9.97 Å². The zero-order chi connectivity index (χ0) is 16.4. The molecule has 1 aromatic heterocycles. The molecule has 0 saturated carbocycles. The topological polar surface area (TPSA) is 41.1 Å². The van der Waals surface area contributed by atoms with E-state index in [1.807, 2.05) is 18.3 Å². The molecule has 2 aromatic rings. The average molecular weight is 373 g/mol. The highest BCUT2D eigenvalue weighted by Crippen LogP contribution is 2.28. The van der Waals surface area contributed by atoms with Crippen LogP contribution in [0.1, 0.15) is 31.4 Å². The van der Waals surface area contributed by atoms with Crippen LogP contribution in [0.15, 0.2) is 34.9 Å². The van der Waals surface area contributed by atoms with Gasteiger partial charge >= 0.3 is 0 Å². The summed E-state index contributed by atoms with van der Waals surface area (Å²) in [6.07, 6.45) is 7.25. The molecule has 4 nitrogen and oxygen atoms in total. The van der Waals surface area contributed by atoms with Crippen molar-refractivity contribution in [3.05, 3.63) is 46.1 Å². The fourth-order valence-electron chi connectivity index (χ4n) is 2.63. The first kappa shape index (κ1) is 16.0. The minimum atomic E-state index is 0.455. The Hall–Kier alpha value is -1.88. The molecule has 0 amide bonds. The lowest BCUT2D eigenvalue weighted by atomic mass is 10.1. The highest BCUT2D eigenvalue weighted by molar-refractivity contribution is 9.10. The number of fused-ring (bicyclic) bond motifs is 1. The molecule has 1 aromatic carbocycles. The van der Waals surface area contributed by atoms with E-state index in [0.29, 0.717) is 12.0 Å². The van der Waals surface area contributed by atoms with E-state index in [2.05, 4.69) is 70.1 Å². The molecule has 0 radical (unpaired) electrons. The van der Waals surface area contributed by atoms with Gasteiger partial charge in [-0.3, -0.25) is 0 Å². The van der Waals surface area contributed by atoms with Crippen LogP contribution in [0.3, 0.4) is 0 Å². The second kappa shape index (κ2) is 6.71. The average Bonchev–Trinajstić information content (AvgIpc) is 2.57. The molecule has 1 aliphatic rings. The number of nitrogens with zero attached hydrogens (tertiary/aromatic N) is 3. The van der Waals surface area contributed by atoms with Crippen LogP contribution in [0.25, 0.3) is 6.08 Å². The second-order valence-corrected chi connectivity index (χ2v) is 6.73. The number of aryl methyl sites for hydroxylation is 1. The van der Waals surface area contributed by atoms with Crippen molar-refractivity contribution in [2.45, 2.75) is 33.2 Å². The summed E-state index contributed by atoms with van der Waals surface area (Å²) in [5, 5.41) is 3.31. The Labute approximate surface area is 145 Å². The third-order valence-corrected chi connectivity index (χ3v) is 5.09. The summed E-state index contributed by atoms with van der Waals surface area (Å²) in [4.78, 5) is 11.5. The van der Waals surface area contributed by atoms with Crippen molar-refractivity contribution in [3.63, 3.8) is 0 Å². The van der Waals surface area contributed by atoms with E-state index in [1.54, 1.807) is 0 Å². The number of hydrogen-bond acceptors (Lipinski definition) is 4. The highest BCUT2D eigenvalue weighted by atomic mass is 79.9. The lowest BCUT2D eigenvalue weighted by molar-refractivity contribution is 0.632. The second-order valence-electron chi connectivity index (χ2n) is 5.87. The van der Waals surface area contributed by atoms with Gasteiger partial charge in [-0.05, 0) is 44.0 Å². The maximum atomic E-state index is 4.75. The van der Waals surface area contributed by atoms with Gasteiger partial charge in [0, 0.05) is 34.5 Å². The Morgan fingerprint density at radius 3 is 2.96 bits per heavy atom. The first-order valence-corrected chi connectivity index (χ1v) is 8.71. The number of halogens is 1. The van der Waals surface area contributed by atoms with Gasteiger partial charge in [-0.2, -0.15) is 4.98 Å². The molecule has 1 N–H and O–H groups in total. The van der Waals surface area contributed by atoms with Crippen LogP contribution in [0, 0.1) is 6.92 Å². The minimum absolute atomic E-state index is 0.455. The van der Waals surface area contributed by atoms with Gasteiger partial charge in [0.2, 0.25) is 5.95 Å². The maximum Gasteiger partial charge on any atom is 0.229 e. The van der Waals surface area contributed by atoms with Crippen LogP contribution in [0.2, 0.25) is 0 Å². The first-order chi connectivity index (χ1) is 11.1. The van der Waals surface area contributed by atoms with Crippen molar-refractivity contribution < 1.29 is 0 Å². The number of aromatic nitrogens is 2. The standard InChI is InChI=1S/C18H21BrN4/c1-4-13(3)23-9-5-6-14-11-20-18(22-17(14)23)21-15-7-8-16(19)12(2)10-15/h5-8,10-11,13H,4,9H2,1-3H3,(H,20,21,22). The third kappa shape index (κ3) is 3.39. The van der Waals surface area contributed by atoms with Gasteiger partial charge in [0.15, 0.2) is 0 Å². The predicted molar refractivity (Wildman–Crippen MR) is 100 cm³/mol. The smallest absolute Gasteiger partial charge is 0.229 e. The summed E-state index contributed by atoms with van der Waals surface area (Å²) >= 11 is 3.52. The monoisotopic (exact) mass is 372 g/mol. The van der Waals surface area contributed by atoms with E-state index in [0.717, 1.165) is 34.5 Å². The molecule has 23 heavy (non-hydrogen) atoms. The third-order valence-electron chi connectivity index (χ3n) is 4.20. The van der Waals surface area contributed by atoms with Crippen molar-refractivity contribution in [2.24, 2.45) is 0 Å². The first-order valence-electron chi connectivity index (χ1n) is 7.92. The molecular weight excluding hydrogens is 352 g/mol. The van der Waals surface area contributed by atoms with Crippen molar-refractivity contribution >= 4 is 39.5 Å². The van der Waals surface area contributed by atoms with Gasteiger partial charge < -0.3 is 10.2 Å². The Morgan fingerprint density at radius 1 is 1.39 bits per heavy atom. The molecule has 0 fully saturated rings. The van der Waals surface area contributed by atoms with Crippen LogP contribution in [0.5, 0.6) is 0 Å². The molecule has 0 aliphatic carbocycles. The van der Waals surface area contributed by atoms with Crippen LogP contribution in [0.4, 0.5) is 17.5 Å². The molecule has 0 bridgehead atoms. The summed E-state index contributed by atoms with van der Waals surface area (Å²) in [6, 6.07) is 6.59. The fourth-order valence-corrected chi connectivity index (χ4v) is 2.88. The summed E-state index contributed by atoms with van der Waals surface area (Å²) in [6.45, 7) is 7.40. The van der Waals surface area contributed by atoms with Gasteiger partial charge in [0.05, 0.1) is 0 Å². The Bertz CT molecular complexity index is 742. The Morgan fingerprint density at radius 2 is 2.22 bits per heavy atom. The molecule has 0 saturated heterocycles. The number of benzene rings is 1. The Kier molecular flexibility index (Phi) is 4.66. The van der Waals surface area contributed by atoms with Crippen LogP contribution < -0.4 is 10.2 Å². The summed E-state index contributed by atoms with van der Waals surface area (Å²) in [5.41, 5.74) is 3.25. The number of rotatable bonds is 4. The van der Waals surface area contributed by atoms with Crippen molar-refractivity contribution in [1.29, 1.82) is 0 Å². The van der Waals surface area contributed by atoms with Crippen LogP contribution >= 0.6 is 15.9 Å².